The number of carbonyl (C=O) groups is 1. The summed E-state index contributed by atoms with van der Waals surface area (Å²) in [5.74, 6) is 6.03. The van der Waals surface area contributed by atoms with Gasteiger partial charge in [-0.2, -0.15) is 0 Å². The Morgan fingerprint density at radius 2 is 2.47 bits per heavy atom. The standard InChI is InChI=1S/C11H17N3O3/c1-3-16-11(15)9-10(8-5-4-6-17-8)14(12)7(2)13-9/h8H,3-6,12H2,1-2H3. The molecule has 0 aliphatic carbocycles. The van der Waals surface area contributed by atoms with Crippen LogP contribution in [0, 0.1) is 6.92 Å². The highest BCUT2D eigenvalue weighted by atomic mass is 16.5. The largest absolute Gasteiger partial charge is 0.461 e. The minimum atomic E-state index is -0.440. The van der Waals surface area contributed by atoms with Crippen molar-refractivity contribution in [1.29, 1.82) is 0 Å². The lowest BCUT2D eigenvalue weighted by atomic mass is 10.1. The molecule has 0 amide bonds. The van der Waals surface area contributed by atoms with Gasteiger partial charge in [-0.3, -0.25) is 0 Å². The molecule has 2 heterocycles. The smallest absolute Gasteiger partial charge is 0.359 e. The predicted octanol–water partition coefficient (Wildman–Crippen LogP) is 0.934. The van der Waals surface area contributed by atoms with Gasteiger partial charge in [0.1, 0.15) is 17.6 Å². The number of aryl methyl sites for hydroxylation is 1. The maximum absolute atomic E-state index is 11.8. The van der Waals surface area contributed by atoms with Gasteiger partial charge in [0.05, 0.1) is 6.61 Å². The summed E-state index contributed by atoms with van der Waals surface area (Å²) in [7, 11) is 0. The van der Waals surface area contributed by atoms with Gasteiger partial charge < -0.3 is 15.3 Å². The average molecular weight is 239 g/mol. The quantitative estimate of drug-likeness (QED) is 0.627. The van der Waals surface area contributed by atoms with E-state index in [1.807, 2.05) is 0 Å². The molecule has 1 aliphatic rings. The van der Waals surface area contributed by atoms with Crippen LogP contribution >= 0.6 is 0 Å². The predicted molar refractivity (Wildman–Crippen MR) is 61.0 cm³/mol. The Balaban J connectivity index is 2.37. The first kappa shape index (κ1) is 11.9. The van der Waals surface area contributed by atoms with Gasteiger partial charge >= 0.3 is 5.97 Å². The normalized spacial score (nSPS) is 19.5. The lowest BCUT2D eigenvalue weighted by molar-refractivity contribution is 0.0506. The van der Waals surface area contributed by atoms with Crippen molar-refractivity contribution in [3.8, 4) is 0 Å². The first-order chi connectivity index (χ1) is 8.15. The van der Waals surface area contributed by atoms with Crippen molar-refractivity contribution in [2.24, 2.45) is 0 Å². The minimum absolute atomic E-state index is 0.152. The van der Waals surface area contributed by atoms with Crippen LogP contribution in [0.2, 0.25) is 0 Å². The summed E-state index contributed by atoms with van der Waals surface area (Å²) in [5, 5.41) is 0. The zero-order valence-corrected chi connectivity index (χ0v) is 10.1. The van der Waals surface area contributed by atoms with E-state index in [-0.39, 0.29) is 11.8 Å². The summed E-state index contributed by atoms with van der Waals surface area (Å²) in [4.78, 5) is 15.9. The number of nitrogen functional groups attached to an aromatic ring is 1. The number of hydrogen-bond acceptors (Lipinski definition) is 5. The van der Waals surface area contributed by atoms with Crippen LogP contribution in [-0.2, 0) is 9.47 Å². The molecule has 94 valence electrons. The Hall–Kier alpha value is -1.56. The molecule has 2 rings (SSSR count). The zero-order chi connectivity index (χ0) is 12.4. The number of imidazole rings is 1. The summed E-state index contributed by atoms with van der Waals surface area (Å²) in [6, 6.07) is 0. The molecular weight excluding hydrogens is 222 g/mol. The van der Waals surface area contributed by atoms with E-state index in [4.69, 9.17) is 15.3 Å². The molecule has 0 spiro atoms. The van der Waals surface area contributed by atoms with Crippen LogP contribution < -0.4 is 5.84 Å². The summed E-state index contributed by atoms with van der Waals surface area (Å²) >= 11 is 0. The molecule has 2 N–H and O–H groups in total. The van der Waals surface area contributed by atoms with Crippen LogP contribution in [0.5, 0.6) is 0 Å². The lowest BCUT2D eigenvalue weighted by Crippen LogP contribution is -2.19. The van der Waals surface area contributed by atoms with E-state index in [9.17, 15) is 4.79 Å². The van der Waals surface area contributed by atoms with Crippen molar-refractivity contribution in [1.82, 2.24) is 9.66 Å². The molecule has 1 atom stereocenters. The second kappa shape index (κ2) is 4.75. The van der Waals surface area contributed by atoms with E-state index < -0.39 is 5.97 Å². The number of ether oxygens (including phenoxy) is 2. The van der Waals surface area contributed by atoms with Gasteiger partial charge in [-0.05, 0) is 26.7 Å². The van der Waals surface area contributed by atoms with E-state index in [1.54, 1.807) is 13.8 Å². The molecule has 6 nitrogen and oxygen atoms in total. The Bertz CT molecular complexity index is 422. The van der Waals surface area contributed by atoms with Crippen LogP contribution in [0.4, 0.5) is 0 Å². The Labute approximate surface area is 99.7 Å². The number of esters is 1. The van der Waals surface area contributed by atoms with Gasteiger partial charge in [0.25, 0.3) is 0 Å². The van der Waals surface area contributed by atoms with Gasteiger partial charge in [0, 0.05) is 6.61 Å². The molecule has 0 bridgehead atoms. The van der Waals surface area contributed by atoms with E-state index in [0.29, 0.717) is 24.7 Å². The van der Waals surface area contributed by atoms with Gasteiger partial charge in [0.15, 0.2) is 5.69 Å². The van der Waals surface area contributed by atoms with Crippen LogP contribution in [0.15, 0.2) is 0 Å². The van der Waals surface area contributed by atoms with Crippen molar-refractivity contribution in [3.63, 3.8) is 0 Å². The minimum Gasteiger partial charge on any atom is -0.461 e. The molecular formula is C11H17N3O3. The summed E-state index contributed by atoms with van der Waals surface area (Å²) in [6.45, 7) is 4.52. The van der Waals surface area contributed by atoms with Crippen LogP contribution in [0.1, 0.15) is 47.9 Å². The highest BCUT2D eigenvalue weighted by Gasteiger charge is 2.30. The molecule has 1 aromatic heterocycles. The summed E-state index contributed by atoms with van der Waals surface area (Å²) < 4.78 is 11.9. The van der Waals surface area contributed by atoms with E-state index in [1.165, 1.54) is 4.68 Å². The van der Waals surface area contributed by atoms with E-state index in [2.05, 4.69) is 4.98 Å². The van der Waals surface area contributed by atoms with Crippen LogP contribution in [-0.4, -0.2) is 28.8 Å². The molecule has 0 saturated carbocycles. The summed E-state index contributed by atoms with van der Waals surface area (Å²) in [6.07, 6.45) is 1.67. The first-order valence-electron chi connectivity index (χ1n) is 5.78. The second-order valence-electron chi connectivity index (χ2n) is 3.98. The molecule has 6 heteroatoms. The molecule has 1 aromatic rings. The number of carbonyl (C=O) groups excluding carboxylic acids is 1. The Morgan fingerprint density at radius 3 is 3.06 bits per heavy atom. The molecule has 1 unspecified atom stereocenters. The van der Waals surface area contributed by atoms with Crippen molar-refractivity contribution in [2.45, 2.75) is 32.8 Å². The van der Waals surface area contributed by atoms with Crippen LogP contribution in [0.25, 0.3) is 0 Å². The van der Waals surface area contributed by atoms with Gasteiger partial charge in [-0.25, -0.2) is 14.5 Å². The molecule has 0 aromatic carbocycles. The number of aromatic nitrogens is 2. The van der Waals surface area contributed by atoms with Gasteiger partial charge in [0.2, 0.25) is 0 Å². The number of nitrogens with two attached hydrogens (primary N) is 1. The Morgan fingerprint density at radius 1 is 1.71 bits per heavy atom. The number of rotatable bonds is 3. The van der Waals surface area contributed by atoms with Crippen molar-refractivity contribution in [2.75, 3.05) is 19.1 Å². The highest BCUT2D eigenvalue weighted by Crippen LogP contribution is 2.30. The second-order valence-corrected chi connectivity index (χ2v) is 3.98. The number of hydrogen-bond donors (Lipinski definition) is 1. The zero-order valence-electron chi connectivity index (χ0n) is 10.1. The topological polar surface area (TPSA) is 79.4 Å². The lowest BCUT2D eigenvalue weighted by Gasteiger charge is -2.12. The molecule has 1 fully saturated rings. The fourth-order valence-electron chi connectivity index (χ4n) is 2.01. The molecule has 0 radical (unpaired) electrons. The highest BCUT2D eigenvalue weighted by molar-refractivity contribution is 5.88. The van der Waals surface area contributed by atoms with Crippen molar-refractivity contribution < 1.29 is 14.3 Å². The first-order valence-corrected chi connectivity index (χ1v) is 5.78. The average Bonchev–Trinajstić information content (AvgIpc) is 2.89. The third-order valence-electron chi connectivity index (χ3n) is 2.83. The molecule has 1 saturated heterocycles. The van der Waals surface area contributed by atoms with E-state index >= 15 is 0 Å². The fourth-order valence-corrected chi connectivity index (χ4v) is 2.01. The fraction of sp³-hybridized carbons (Fsp3) is 0.636. The van der Waals surface area contributed by atoms with Gasteiger partial charge in [-0.15, -0.1) is 0 Å². The third-order valence-corrected chi connectivity index (χ3v) is 2.83. The SMILES string of the molecule is CCOC(=O)c1nc(C)n(N)c1C1CCCO1. The monoisotopic (exact) mass is 239 g/mol. The van der Waals surface area contributed by atoms with E-state index in [0.717, 1.165) is 12.8 Å². The Kier molecular flexibility index (Phi) is 3.33. The van der Waals surface area contributed by atoms with Gasteiger partial charge in [-0.1, -0.05) is 0 Å². The third kappa shape index (κ3) is 2.12. The molecule has 1 aliphatic heterocycles. The summed E-state index contributed by atoms with van der Waals surface area (Å²) in [5.41, 5.74) is 0.900. The van der Waals surface area contributed by atoms with Crippen LogP contribution in [0.3, 0.4) is 0 Å². The van der Waals surface area contributed by atoms with Crippen molar-refractivity contribution in [3.05, 3.63) is 17.2 Å². The molecule has 17 heavy (non-hydrogen) atoms. The maximum Gasteiger partial charge on any atom is 0.359 e. The maximum atomic E-state index is 11.8. The number of nitrogens with zero attached hydrogens (tertiary/aromatic N) is 2. The van der Waals surface area contributed by atoms with Crippen molar-refractivity contribution >= 4 is 5.97 Å².